The molecule has 0 radical (unpaired) electrons. The molecule has 2 amide bonds. The SMILES string of the molecule is COCCNC(=O)CN(C)CC(=O)N1c2ccc(S(N)(=O)=O)cc2C[C@@H]1C. The van der Waals surface area contributed by atoms with E-state index in [0.717, 1.165) is 5.56 Å². The number of methoxy groups -OCH3 is 1. The quantitative estimate of drug-likeness (QED) is 0.559. The summed E-state index contributed by atoms with van der Waals surface area (Å²) in [6, 6.07) is 4.42. The van der Waals surface area contributed by atoms with Crippen molar-refractivity contribution >= 4 is 27.5 Å². The van der Waals surface area contributed by atoms with Crippen molar-refractivity contribution in [1.29, 1.82) is 0 Å². The van der Waals surface area contributed by atoms with E-state index in [1.54, 1.807) is 30.0 Å². The van der Waals surface area contributed by atoms with E-state index < -0.39 is 10.0 Å². The lowest BCUT2D eigenvalue weighted by atomic mass is 10.1. The molecule has 0 spiro atoms. The highest BCUT2D eigenvalue weighted by Gasteiger charge is 2.32. The van der Waals surface area contributed by atoms with E-state index in [1.807, 2.05) is 6.92 Å². The first-order chi connectivity index (χ1) is 12.6. The van der Waals surface area contributed by atoms with E-state index >= 15 is 0 Å². The smallest absolute Gasteiger partial charge is 0.241 e. The number of primary sulfonamides is 1. The van der Waals surface area contributed by atoms with Gasteiger partial charge in [0, 0.05) is 25.4 Å². The average molecular weight is 398 g/mol. The minimum Gasteiger partial charge on any atom is -0.383 e. The van der Waals surface area contributed by atoms with E-state index in [2.05, 4.69) is 5.32 Å². The fourth-order valence-electron chi connectivity index (χ4n) is 3.12. The molecule has 1 aliphatic rings. The number of hydrogen-bond donors (Lipinski definition) is 2. The Bertz CT molecular complexity index is 812. The van der Waals surface area contributed by atoms with Crippen molar-refractivity contribution in [2.24, 2.45) is 5.14 Å². The van der Waals surface area contributed by atoms with Crippen LogP contribution < -0.4 is 15.4 Å². The summed E-state index contributed by atoms with van der Waals surface area (Å²) in [6.07, 6.45) is 0.547. The van der Waals surface area contributed by atoms with Crippen molar-refractivity contribution in [3.8, 4) is 0 Å². The molecule has 1 aromatic rings. The Balaban J connectivity index is 2.02. The highest BCUT2D eigenvalue weighted by molar-refractivity contribution is 7.89. The van der Waals surface area contributed by atoms with Crippen molar-refractivity contribution in [2.45, 2.75) is 24.3 Å². The third-order valence-electron chi connectivity index (χ3n) is 4.31. The Kier molecular flexibility index (Phi) is 6.93. The van der Waals surface area contributed by atoms with Gasteiger partial charge in [-0.3, -0.25) is 14.5 Å². The molecule has 0 aliphatic carbocycles. The van der Waals surface area contributed by atoms with Crippen LogP contribution in [0.15, 0.2) is 23.1 Å². The van der Waals surface area contributed by atoms with Crippen LogP contribution in [0.3, 0.4) is 0 Å². The van der Waals surface area contributed by atoms with E-state index in [1.165, 1.54) is 12.1 Å². The Hall–Kier alpha value is -2.01. The molecule has 0 bridgehead atoms. The number of nitrogens with one attached hydrogen (secondary N) is 1. The molecule has 9 nitrogen and oxygen atoms in total. The molecule has 0 aromatic heterocycles. The molecular weight excluding hydrogens is 372 g/mol. The van der Waals surface area contributed by atoms with Crippen LogP contribution in [0, 0.1) is 0 Å². The average Bonchev–Trinajstić information content (AvgIpc) is 2.88. The number of ether oxygens (including phenoxy) is 1. The zero-order chi connectivity index (χ0) is 20.2. The number of anilines is 1. The number of amides is 2. The molecule has 1 aliphatic heterocycles. The van der Waals surface area contributed by atoms with Gasteiger partial charge in [-0.2, -0.15) is 0 Å². The van der Waals surface area contributed by atoms with Crippen LogP contribution in [-0.2, 0) is 30.8 Å². The molecule has 27 heavy (non-hydrogen) atoms. The van der Waals surface area contributed by atoms with Gasteiger partial charge < -0.3 is 15.0 Å². The highest BCUT2D eigenvalue weighted by Crippen LogP contribution is 2.33. The number of carbonyl (C=O) groups excluding carboxylic acids is 2. The second-order valence-electron chi connectivity index (χ2n) is 6.67. The number of benzene rings is 1. The lowest BCUT2D eigenvalue weighted by Gasteiger charge is -2.25. The monoisotopic (exact) mass is 398 g/mol. The maximum Gasteiger partial charge on any atom is 0.241 e. The molecular formula is C17H26N4O5S. The maximum absolute atomic E-state index is 12.7. The molecule has 0 saturated carbocycles. The summed E-state index contributed by atoms with van der Waals surface area (Å²) in [6.45, 7) is 2.90. The number of sulfonamides is 1. The molecule has 0 fully saturated rings. The summed E-state index contributed by atoms with van der Waals surface area (Å²) in [5.74, 6) is -0.341. The van der Waals surface area contributed by atoms with Gasteiger partial charge in [-0.25, -0.2) is 13.6 Å². The van der Waals surface area contributed by atoms with Crippen LogP contribution >= 0.6 is 0 Å². The first-order valence-corrected chi connectivity index (χ1v) is 10.1. The number of hydrogen-bond acceptors (Lipinski definition) is 6. The van der Waals surface area contributed by atoms with Crippen molar-refractivity contribution in [1.82, 2.24) is 10.2 Å². The normalized spacial score (nSPS) is 16.5. The van der Waals surface area contributed by atoms with E-state index in [0.29, 0.717) is 25.3 Å². The first-order valence-electron chi connectivity index (χ1n) is 8.55. The van der Waals surface area contributed by atoms with Gasteiger partial charge in [0.05, 0.1) is 24.6 Å². The third kappa shape index (κ3) is 5.48. The topological polar surface area (TPSA) is 122 Å². The summed E-state index contributed by atoms with van der Waals surface area (Å²) in [7, 11) is -0.539. The summed E-state index contributed by atoms with van der Waals surface area (Å²) in [5, 5.41) is 7.88. The minimum absolute atomic E-state index is 0.0348. The first kappa shape index (κ1) is 21.3. The largest absolute Gasteiger partial charge is 0.383 e. The fraction of sp³-hybridized carbons (Fsp3) is 0.529. The van der Waals surface area contributed by atoms with Gasteiger partial charge >= 0.3 is 0 Å². The van der Waals surface area contributed by atoms with Crippen LogP contribution in [-0.4, -0.2) is 71.6 Å². The van der Waals surface area contributed by atoms with Crippen LogP contribution in [0.5, 0.6) is 0 Å². The zero-order valence-corrected chi connectivity index (χ0v) is 16.6. The molecule has 10 heteroatoms. The molecule has 0 unspecified atom stereocenters. The Morgan fingerprint density at radius 2 is 2.07 bits per heavy atom. The van der Waals surface area contributed by atoms with Crippen LogP contribution in [0.4, 0.5) is 5.69 Å². The molecule has 0 saturated heterocycles. The highest BCUT2D eigenvalue weighted by atomic mass is 32.2. The summed E-state index contributed by atoms with van der Waals surface area (Å²) in [5.41, 5.74) is 1.44. The molecule has 150 valence electrons. The van der Waals surface area contributed by atoms with Crippen LogP contribution in [0.2, 0.25) is 0 Å². The lowest BCUT2D eigenvalue weighted by Crippen LogP contribution is -2.45. The second kappa shape index (κ2) is 8.79. The predicted octanol–water partition coefficient (Wildman–Crippen LogP) is -0.694. The zero-order valence-electron chi connectivity index (χ0n) is 15.8. The Morgan fingerprint density at radius 1 is 1.37 bits per heavy atom. The number of rotatable bonds is 8. The number of carbonyl (C=O) groups is 2. The van der Waals surface area contributed by atoms with Crippen LogP contribution in [0.1, 0.15) is 12.5 Å². The van der Waals surface area contributed by atoms with Crippen molar-refractivity contribution in [2.75, 3.05) is 45.3 Å². The molecule has 2 rings (SSSR count). The fourth-order valence-corrected chi connectivity index (χ4v) is 3.69. The van der Waals surface area contributed by atoms with Gasteiger partial charge in [0.1, 0.15) is 0 Å². The maximum atomic E-state index is 12.7. The van der Waals surface area contributed by atoms with E-state index in [-0.39, 0.29) is 35.8 Å². The summed E-state index contributed by atoms with van der Waals surface area (Å²) in [4.78, 5) is 27.9. The van der Waals surface area contributed by atoms with Gasteiger partial charge in [-0.05, 0) is 44.2 Å². The Labute approximate surface area is 159 Å². The van der Waals surface area contributed by atoms with Crippen molar-refractivity contribution in [3.63, 3.8) is 0 Å². The number of nitrogens with zero attached hydrogens (tertiary/aromatic N) is 2. The summed E-state index contributed by atoms with van der Waals surface area (Å²) >= 11 is 0. The molecule has 1 aromatic carbocycles. The van der Waals surface area contributed by atoms with Gasteiger partial charge in [-0.15, -0.1) is 0 Å². The molecule has 3 N–H and O–H groups in total. The molecule has 1 heterocycles. The third-order valence-corrected chi connectivity index (χ3v) is 5.22. The number of nitrogens with two attached hydrogens (primary N) is 1. The van der Waals surface area contributed by atoms with Gasteiger partial charge in [0.25, 0.3) is 0 Å². The van der Waals surface area contributed by atoms with E-state index in [9.17, 15) is 18.0 Å². The standard InChI is InChI=1S/C17H26N4O5S/c1-12-8-13-9-14(27(18,24)25)4-5-15(13)21(12)17(23)11-20(2)10-16(22)19-6-7-26-3/h4-5,9,12H,6-8,10-11H2,1-3H3,(H,19,22)(H2,18,24,25)/t12-/m0/s1. The second-order valence-corrected chi connectivity index (χ2v) is 8.23. The predicted molar refractivity (Wildman–Crippen MR) is 101 cm³/mol. The van der Waals surface area contributed by atoms with Crippen molar-refractivity contribution in [3.05, 3.63) is 23.8 Å². The number of fused-ring (bicyclic) bond motifs is 1. The lowest BCUT2D eigenvalue weighted by molar-refractivity contribution is -0.123. The van der Waals surface area contributed by atoms with Gasteiger partial charge in [0.2, 0.25) is 21.8 Å². The summed E-state index contributed by atoms with van der Waals surface area (Å²) < 4.78 is 27.9. The number of likely N-dealkylation sites (N-methyl/N-ethyl adjacent to an activating group) is 1. The van der Waals surface area contributed by atoms with Gasteiger partial charge in [0.15, 0.2) is 0 Å². The Morgan fingerprint density at radius 3 is 2.70 bits per heavy atom. The molecule has 1 atom stereocenters. The van der Waals surface area contributed by atoms with Crippen molar-refractivity contribution < 1.29 is 22.7 Å². The van der Waals surface area contributed by atoms with Gasteiger partial charge in [-0.1, -0.05) is 0 Å². The van der Waals surface area contributed by atoms with E-state index in [4.69, 9.17) is 9.88 Å². The van der Waals surface area contributed by atoms with Crippen LogP contribution in [0.25, 0.3) is 0 Å². The minimum atomic E-state index is -3.79.